The van der Waals surface area contributed by atoms with Gasteiger partial charge in [0.05, 0.1) is 19.8 Å². The molecule has 3 aromatic carbocycles. The Bertz CT molecular complexity index is 1320. The number of carboxylic acids is 1. The summed E-state index contributed by atoms with van der Waals surface area (Å²) in [5, 5.41) is 12.1. The Morgan fingerprint density at radius 2 is 1.72 bits per heavy atom. The second-order valence-electron chi connectivity index (χ2n) is 8.94. The third kappa shape index (κ3) is 4.56. The molecule has 2 N–H and O–H groups in total. The van der Waals surface area contributed by atoms with Crippen LogP contribution in [-0.4, -0.2) is 36.2 Å². The van der Waals surface area contributed by atoms with Crippen LogP contribution in [0.25, 0.3) is 11.1 Å². The summed E-state index contributed by atoms with van der Waals surface area (Å²) < 4.78 is 39.9. The van der Waals surface area contributed by atoms with E-state index in [4.69, 9.17) is 9.47 Å². The molecular weight excluding hydrogens is 468 g/mol. The maximum Gasteiger partial charge on any atom is 0.326 e. The summed E-state index contributed by atoms with van der Waals surface area (Å²) in [5.41, 5.74) is 5.08. The molecule has 1 amide bonds. The number of halogens is 2. The van der Waals surface area contributed by atoms with Crippen molar-refractivity contribution in [2.75, 3.05) is 13.2 Å². The number of hydrogen-bond acceptors (Lipinski definition) is 4. The molecule has 0 unspecified atom stereocenters. The van der Waals surface area contributed by atoms with Crippen molar-refractivity contribution in [3.63, 3.8) is 0 Å². The van der Waals surface area contributed by atoms with E-state index in [0.29, 0.717) is 37.6 Å². The largest absolute Gasteiger partial charge is 0.493 e. The number of carboxylic acid groups (broad SMARTS) is 1. The minimum Gasteiger partial charge on any atom is -0.493 e. The SMILES string of the molecule is O=C(N[C@@H](Cc1ccc(-c2cccc3c2COCC3)c2c1CCCO2)C(=O)O)c1c(F)cccc1F. The van der Waals surface area contributed by atoms with E-state index >= 15 is 0 Å². The van der Waals surface area contributed by atoms with Crippen LogP contribution in [0.5, 0.6) is 5.75 Å². The molecule has 0 spiro atoms. The van der Waals surface area contributed by atoms with Gasteiger partial charge >= 0.3 is 5.97 Å². The summed E-state index contributed by atoms with van der Waals surface area (Å²) in [6.07, 6.45) is 2.24. The Morgan fingerprint density at radius 3 is 2.50 bits per heavy atom. The third-order valence-corrected chi connectivity index (χ3v) is 6.72. The molecule has 2 aliphatic heterocycles. The van der Waals surface area contributed by atoms with Gasteiger partial charge in [-0.3, -0.25) is 4.79 Å². The van der Waals surface area contributed by atoms with E-state index in [9.17, 15) is 23.5 Å². The van der Waals surface area contributed by atoms with Gasteiger partial charge in [0, 0.05) is 12.0 Å². The molecule has 5 rings (SSSR count). The highest BCUT2D eigenvalue weighted by molar-refractivity contribution is 5.97. The van der Waals surface area contributed by atoms with Gasteiger partial charge < -0.3 is 19.9 Å². The van der Waals surface area contributed by atoms with Crippen molar-refractivity contribution >= 4 is 11.9 Å². The van der Waals surface area contributed by atoms with Crippen LogP contribution < -0.4 is 10.1 Å². The molecule has 3 aromatic rings. The third-order valence-electron chi connectivity index (χ3n) is 6.72. The predicted octanol–water partition coefficient (Wildman–Crippen LogP) is 4.46. The Morgan fingerprint density at radius 1 is 0.944 bits per heavy atom. The van der Waals surface area contributed by atoms with Crippen molar-refractivity contribution in [2.45, 2.75) is 38.3 Å². The van der Waals surface area contributed by atoms with Crippen molar-refractivity contribution in [2.24, 2.45) is 0 Å². The van der Waals surface area contributed by atoms with E-state index in [1.54, 1.807) is 0 Å². The van der Waals surface area contributed by atoms with Gasteiger partial charge in [-0.2, -0.15) is 0 Å². The molecule has 1 atom stereocenters. The lowest BCUT2D eigenvalue weighted by atomic mass is 9.87. The van der Waals surface area contributed by atoms with E-state index in [-0.39, 0.29) is 6.42 Å². The normalized spacial score (nSPS) is 15.3. The molecule has 0 saturated carbocycles. The number of nitrogens with one attached hydrogen (secondary N) is 1. The van der Waals surface area contributed by atoms with Gasteiger partial charge in [-0.1, -0.05) is 36.4 Å². The van der Waals surface area contributed by atoms with E-state index in [1.807, 2.05) is 24.3 Å². The van der Waals surface area contributed by atoms with E-state index in [1.165, 1.54) is 5.56 Å². The molecule has 36 heavy (non-hydrogen) atoms. The summed E-state index contributed by atoms with van der Waals surface area (Å²) in [5.74, 6) is -3.82. The van der Waals surface area contributed by atoms with Gasteiger partial charge in [-0.15, -0.1) is 0 Å². The average Bonchev–Trinajstić information content (AvgIpc) is 2.88. The number of rotatable bonds is 6. The molecule has 186 valence electrons. The lowest BCUT2D eigenvalue weighted by molar-refractivity contribution is -0.139. The average molecular weight is 494 g/mol. The van der Waals surface area contributed by atoms with Gasteiger partial charge in [0.25, 0.3) is 5.91 Å². The van der Waals surface area contributed by atoms with Crippen LogP contribution in [0.4, 0.5) is 8.78 Å². The highest BCUT2D eigenvalue weighted by Gasteiger charge is 2.28. The first-order valence-electron chi connectivity index (χ1n) is 11.9. The fourth-order valence-corrected chi connectivity index (χ4v) is 4.95. The summed E-state index contributed by atoms with van der Waals surface area (Å²) in [6.45, 7) is 1.74. The van der Waals surface area contributed by atoms with Crippen LogP contribution in [-0.2, 0) is 35.4 Å². The zero-order valence-corrected chi connectivity index (χ0v) is 19.5. The zero-order valence-electron chi connectivity index (χ0n) is 19.5. The highest BCUT2D eigenvalue weighted by atomic mass is 19.1. The van der Waals surface area contributed by atoms with Crippen LogP contribution in [0.1, 0.15) is 39.0 Å². The van der Waals surface area contributed by atoms with Crippen LogP contribution in [0, 0.1) is 11.6 Å². The maximum atomic E-state index is 14.1. The molecule has 6 nitrogen and oxygen atoms in total. The first kappa shape index (κ1) is 23.9. The predicted molar refractivity (Wildman–Crippen MR) is 128 cm³/mol. The van der Waals surface area contributed by atoms with Crippen molar-refractivity contribution in [3.05, 3.63) is 88.0 Å². The topological polar surface area (TPSA) is 84.9 Å². The second-order valence-corrected chi connectivity index (χ2v) is 8.94. The molecule has 0 bridgehead atoms. The van der Waals surface area contributed by atoms with Crippen LogP contribution >= 0.6 is 0 Å². The van der Waals surface area contributed by atoms with Crippen molar-refractivity contribution in [3.8, 4) is 16.9 Å². The summed E-state index contributed by atoms with van der Waals surface area (Å²) in [4.78, 5) is 24.6. The van der Waals surface area contributed by atoms with Crippen molar-refractivity contribution < 1.29 is 33.0 Å². The first-order valence-corrected chi connectivity index (χ1v) is 11.9. The van der Waals surface area contributed by atoms with Crippen molar-refractivity contribution in [1.29, 1.82) is 0 Å². The number of benzene rings is 3. The molecule has 2 aliphatic rings. The highest BCUT2D eigenvalue weighted by Crippen LogP contribution is 2.41. The molecular formula is C28H25F2NO5. The van der Waals surface area contributed by atoms with E-state index in [2.05, 4.69) is 11.4 Å². The molecule has 0 fully saturated rings. The number of carbonyl (C=O) groups is 2. The van der Waals surface area contributed by atoms with Gasteiger partial charge in [0.2, 0.25) is 0 Å². The fourth-order valence-electron chi connectivity index (χ4n) is 4.95. The summed E-state index contributed by atoms with van der Waals surface area (Å²) in [6, 6.07) is 11.6. The molecule has 0 radical (unpaired) electrons. The minimum absolute atomic E-state index is 0.0564. The Labute approximate surface area is 206 Å². The van der Waals surface area contributed by atoms with Gasteiger partial charge in [0.1, 0.15) is 29.0 Å². The monoisotopic (exact) mass is 493 g/mol. The number of amides is 1. The Balaban J connectivity index is 1.48. The number of carbonyl (C=O) groups excluding carboxylic acids is 1. The number of ether oxygens (including phenoxy) is 2. The quantitative estimate of drug-likeness (QED) is 0.530. The van der Waals surface area contributed by atoms with Crippen LogP contribution in [0.3, 0.4) is 0 Å². The molecule has 2 heterocycles. The Kier molecular flexibility index (Phi) is 6.69. The van der Waals surface area contributed by atoms with Crippen LogP contribution in [0.15, 0.2) is 48.5 Å². The number of aliphatic carboxylic acids is 1. The smallest absolute Gasteiger partial charge is 0.326 e. The second kappa shape index (κ2) is 10.1. The molecule has 0 saturated heterocycles. The number of hydrogen-bond donors (Lipinski definition) is 2. The van der Waals surface area contributed by atoms with Crippen LogP contribution in [0.2, 0.25) is 0 Å². The van der Waals surface area contributed by atoms with Gasteiger partial charge in [-0.05, 0) is 59.2 Å². The van der Waals surface area contributed by atoms with E-state index in [0.717, 1.165) is 53.3 Å². The van der Waals surface area contributed by atoms with Gasteiger partial charge in [0.15, 0.2) is 0 Å². The summed E-state index contributed by atoms with van der Waals surface area (Å²) in [7, 11) is 0. The first-order chi connectivity index (χ1) is 17.4. The summed E-state index contributed by atoms with van der Waals surface area (Å²) >= 11 is 0. The fraction of sp³-hybridized carbons (Fsp3) is 0.286. The Hall–Kier alpha value is -3.78. The molecule has 8 heteroatoms. The molecule has 0 aliphatic carbocycles. The minimum atomic E-state index is -1.38. The maximum absolute atomic E-state index is 14.1. The van der Waals surface area contributed by atoms with Gasteiger partial charge in [-0.25, -0.2) is 13.6 Å². The lowest BCUT2D eigenvalue weighted by Gasteiger charge is -2.27. The molecule has 0 aromatic heterocycles. The lowest BCUT2D eigenvalue weighted by Crippen LogP contribution is -2.43. The standard InChI is InChI=1S/C28H25F2NO5/c29-22-7-2-8-23(30)25(22)27(32)31-24(28(33)34)14-17-9-10-20(26-18(17)6-3-12-36-26)19-5-1-4-16-11-13-35-15-21(16)19/h1-2,4-5,7-10,24H,3,6,11-15H2,(H,31,32)(H,33,34)/t24-/m0/s1. The van der Waals surface area contributed by atoms with Crippen molar-refractivity contribution in [1.82, 2.24) is 5.32 Å². The zero-order chi connectivity index (χ0) is 25.2. The number of fused-ring (bicyclic) bond motifs is 2. The van der Waals surface area contributed by atoms with E-state index < -0.39 is 35.1 Å².